The number of rotatable bonds is 3. The molecule has 2 radical (unpaired) electrons. The molecule has 0 aromatic heterocycles. The van der Waals surface area contributed by atoms with Crippen LogP contribution in [0.25, 0.3) is 44.2 Å². The van der Waals surface area contributed by atoms with Gasteiger partial charge in [0, 0.05) is 0 Å². The molecule has 6 aromatic rings. The van der Waals surface area contributed by atoms with Crippen LogP contribution in [0.1, 0.15) is 38.8 Å². The average molecular weight is 693 g/mol. The second kappa shape index (κ2) is 14.4. The SMILES string of the molecule is CCc1ccccc1-c1c(-c2ccccc2)ccc2[cH-]c(C(C)(C)C)cc12.[Cl][Zr+2][Cl].[c-]1cccc2c1[Si]c1ccccc1-2. The molecule has 0 spiro atoms. The monoisotopic (exact) mass is 690 g/mol. The van der Waals surface area contributed by atoms with Crippen molar-refractivity contribution in [2.24, 2.45) is 0 Å². The summed E-state index contributed by atoms with van der Waals surface area (Å²) < 4.78 is 0. The van der Waals surface area contributed by atoms with Crippen LogP contribution in [-0.2, 0) is 32.7 Å². The molecule has 43 heavy (non-hydrogen) atoms. The van der Waals surface area contributed by atoms with Gasteiger partial charge in [0.1, 0.15) is 0 Å². The molecule has 0 atom stereocenters. The molecule has 0 N–H and O–H groups in total. The Morgan fingerprint density at radius 1 is 0.744 bits per heavy atom. The van der Waals surface area contributed by atoms with Gasteiger partial charge in [-0.1, -0.05) is 129 Å². The normalized spacial score (nSPS) is 11.4. The summed E-state index contributed by atoms with van der Waals surface area (Å²) in [6.07, 6.45) is 1.04. The molecule has 0 saturated carbocycles. The number of benzene rings is 5. The van der Waals surface area contributed by atoms with Gasteiger partial charge in [0.2, 0.25) is 0 Å². The quantitative estimate of drug-likeness (QED) is 0.128. The van der Waals surface area contributed by atoms with Crippen LogP contribution in [0.4, 0.5) is 0 Å². The molecule has 7 rings (SSSR count). The van der Waals surface area contributed by atoms with E-state index in [4.69, 9.17) is 17.0 Å². The Bertz CT molecular complexity index is 1770. The van der Waals surface area contributed by atoms with E-state index in [1.165, 1.54) is 65.7 Å². The number of aryl methyl sites for hydroxylation is 1. The fourth-order valence-corrected chi connectivity index (χ4v) is 6.97. The van der Waals surface area contributed by atoms with Gasteiger partial charge in [-0.25, -0.2) is 0 Å². The van der Waals surface area contributed by atoms with Crippen LogP contribution in [0.15, 0.2) is 121 Å². The third kappa shape index (κ3) is 7.21. The van der Waals surface area contributed by atoms with Crippen molar-refractivity contribution in [1.29, 1.82) is 0 Å². The summed E-state index contributed by atoms with van der Waals surface area (Å²) >= 11 is -0.826. The summed E-state index contributed by atoms with van der Waals surface area (Å²) in [5.74, 6) is 0. The van der Waals surface area contributed by atoms with E-state index in [1.54, 1.807) is 0 Å². The van der Waals surface area contributed by atoms with Gasteiger partial charge in [-0.15, -0.1) is 34.0 Å². The van der Waals surface area contributed by atoms with Crippen molar-refractivity contribution in [2.45, 2.75) is 39.5 Å². The van der Waals surface area contributed by atoms with E-state index in [2.05, 4.69) is 149 Å². The third-order valence-corrected chi connectivity index (χ3v) is 9.21. The van der Waals surface area contributed by atoms with Crippen LogP contribution in [0.3, 0.4) is 0 Å². The molecule has 4 heteroatoms. The van der Waals surface area contributed by atoms with Crippen molar-refractivity contribution in [2.75, 3.05) is 0 Å². The maximum Gasteiger partial charge on any atom is 0.0920 e. The van der Waals surface area contributed by atoms with Crippen molar-refractivity contribution in [3.63, 3.8) is 0 Å². The first-order chi connectivity index (χ1) is 20.9. The Morgan fingerprint density at radius 2 is 1.40 bits per heavy atom. The van der Waals surface area contributed by atoms with Crippen molar-refractivity contribution >= 4 is 47.7 Å². The molecule has 6 aromatic carbocycles. The van der Waals surface area contributed by atoms with E-state index in [1.807, 2.05) is 6.07 Å². The van der Waals surface area contributed by atoms with E-state index >= 15 is 0 Å². The van der Waals surface area contributed by atoms with E-state index in [-0.39, 0.29) is 5.41 Å². The Balaban J connectivity index is 0.000000190. The predicted octanol–water partition coefficient (Wildman–Crippen LogP) is 10.3. The van der Waals surface area contributed by atoms with Crippen LogP contribution in [0.2, 0.25) is 0 Å². The number of hydrogen-bond donors (Lipinski definition) is 0. The molecular weight excluding hydrogens is 659 g/mol. The molecule has 0 saturated heterocycles. The second-order valence-corrected chi connectivity index (χ2v) is 16.6. The molecule has 212 valence electrons. The molecule has 1 heterocycles. The van der Waals surface area contributed by atoms with Crippen LogP contribution in [-0.4, -0.2) is 9.52 Å². The minimum absolute atomic E-state index is 0.146. The van der Waals surface area contributed by atoms with Gasteiger partial charge in [-0.2, -0.15) is 35.5 Å². The van der Waals surface area contributed by atoms with E-state index < -0.39 is 20.8 Å². The zero-order chi connectivity index (χ0) is 30.4. The number of halogens is 2. The first-order valence-electron chi connectivity index (χ1n) is 14.6. The molecule has 1 aliphatic rings. The molecule has 0 amide bonds. The second-order valence-electron chi connectivity index (χ2n) is 11.6. The minimum Gasteiger partial charge on any atom is -0.184 e. The first kappa shape index (κ1) is 31.8. The average Bonchev–Trinajstić information content (AvgIpc) is 3.64. The summed E-state index contributed by atoms with van der Waals surface area (Å²) in [6.45, 7) is 9.11. The summed E-state index contributed by atoms with van der Waals surface area (Å²) in [4.78, 5) is 0. The number of fused-ring (bicyclic) bond motifs is 4. The van der Waals surface area contributed by atoms with Crippen molar-refractivity contribution in [3.8, 4) is 33.4 Å². The van der Waals surface area contributed by atoms with Crippen molar-refractivity contribution in [1.82, 2.24) is 0 Å². The van der Waals surface area contributed by atoms with Crippen LogP contribution < -0.4 is 10.4 Å². The molecule has 0 aliphatic carbocycles. The van der Waals surface area contributed by atoms with Crippen molar-refractivity contribution in [3.05, 3.63) is 139 Å². The van der Waals surface area contributed by atoms with Gasteiger partial charge in [0.05, 0.1) is 9.52 Å². The molecule has 0 nitrogen and oxygen atoms in total. The predicted molar refractivity (Wildman–Crippen MR) is 186 cm³/mol. The Labute approximate surface area is 278 Å². The zero-order valence-electron chi connectivity index (χ0n) is 25.0. The molecular formula is C39H34Cl2SiZr. The largest absolute Gasteiger partial charge is 0.184 e. The molecule has 0 bridgehead atoms. The Kier molecular flexibility index (Phi) is 10.7. The van der Waals surface area contributed by atoms with Crippen LogP contribution >= 0.6 is 17.0 Å². The van der Waals surface area contributed by atoms with Gasteiger partial charge in [-0.05, 0) is 34.1 Å². The summed E-state index contributed by atoms with van der Waals surface area (Å²) in [5.41, 5.74) is 11.0. The fourth-order valence-electron chi connectivity index (χ4n) is 5.66. The van der Waals surface area contributed by atoms with Gasteiger partial charge < -0.3 is 0 Å². The van der Waals surface area contributed by atoms with Gasteiger partial charge in [-0.3, -0.25) is 0 Å². The maximum atomic E-state index is 4.93. The minimum atomic E-state index is -0.826. The summed E-state index contributed by atoms with van der Waals surface area (Å²) in [5, 5.41) is 5.52. The van der Waals surface area contributed by atoms with Crippen LogP contribution in [0, 0.1) is 6.07 Å². The molecule has 1 aliphatic heterocycles. The molecule has 0 fully saturated rings. The van der Waals surface area contributed by atoms with E-state index in [9.17, 15) is 0 Å². The first-order valence-corrected chi connectivity index (χ1v) is 21.9. The number of hydrogen-bond acceptors (Lipinski definition) is 0. The third-order valence-electron chi connectivity index (χ3n) is 7.84. The van der Waals surface area contributed by atoms with E-state index in [0.29, 0.717) is 0 Å². The van der Waals surface area contributed by atoms with Crippen molar-refractivity contribution < 1.29 is 20.8 Å². The topological polar surface area (TPSA) is 0 Å². The van der Waals surface area contributed by atoms with Gasteiger partial charge in [0.25, 0.3) is 0 Å². The Morgan fingerprint density at radius 3 is 2.12 bits per heavy atom. The fraction of sp³-hybridized carbons (Fsp3) is 0.154. The van der Waals surface area contributed by atoms with Gasteiger partial charge in [0.15, 0.2) is 0 Å². The summed E-state index contributed by atoms with van der Waals surface area (Å²) in [7, 11) is 10.7. The van der Waals surface area contributed by atoms with Gasteiger partial charge >= 0.3 is 37.9 Å². The summed E-state index contributed by atoms with van der Waals surface area (Å²) in [6, 6.07) is 47.1. The van der Waals surface area contributed by atoms with Crippen LogP contribution in [0.5, 0.6) is 0 Å². The van der Waals surface area contributed by atoms with E-state index in [0.717, 1.165) is 15.9 Å². The smallest absolute Gasteiger partial charge is 0.0920 e. The maximum absolute atomic E-state index is 4.93. The Hall–Kier alpha value is -2.61. The standard InChI is InChI=1S/C27H27.C12H7Si.2ClH.Zr/c1-5-19-11-9-10-14-23(19)26-24(20-12-7-6-8-13-20)16-15-21-17-22(18-25(21)26)27(2,3)4;1-3-7-11-9(5-1)10-6-2-4-8-12(10)13-11;;;/h6-18H,5H2,1-4H3;1-7H;2*1H;/q2*-1;;;+4/p-2. The molecule has 0 unspecified atom stereocenters. The zero-order valence-corrected chi connectivity index (χ0v) is 30.0.